The van der Waals surface area contributed by atoms with Crippen LogP contribution in [0.15, 0.2) is 17.0 Å². The lowest BCUT2D eigenvalue weighted by molar-refractivity contribution is 0.581. The summed E-state index contributed by atoms with van der Waals surface area (Å²) in [7, 11) is -3.66. The third kappa shape index (κ3) is 4.67. The lowest BCUT2D eigenvalue weighted by Gasteiger charge is -2.21. The predicted molar refractivity (Wildman–Crippen MR) is 93.1 cm³/mol. The minimum atomic E-state index is -3.66. The zero-order valence-electron chi connectivity index (χ0n) is 11.1. The minimum Gasteiger partial charge on any atom is -0.326 e. The first-order chi connectivity index (χ1) is 9.94. The average molecular weight is 387 g/mol. The molecule has 0 aromatic heterocycles. The van der Waals surface area contributed by atoms with Gasteiger partial charge in [0.2, 0.25) is 10.0 Å². The largest absolute Gasteiger partial charge is 0.326 e. The van der Waals surface area contributed by atoms with Crippen molar-refractivity contribution in [2.75, 3.05) is 23.8 Å². The highest BCUT2D eigenvalue weighted by Gasteiger charge is 2.22. The van der Waals surface area contributed by atoms with Crippen LogP contribution in [0.4, 0.5) is 0 Å². The minimum absolute atomic E-state index is 0.0301. The van der Waals surface area contributed by atoms with Crippen molar-refractivity contribution in [2.24, 2.45) is 5.73 Å². The van der Waals surface area contributed by atoms with Crippen molar-refractivity contribution in [1.29, 1.82) is 0 Å². The van der Waals surface area contributed by atoms with E-state index in [2.05, 4.69) is 4.72 Å². The van der Waals surface area contributed by atoms with Gasteiger partial charge < -0.3 is 5.73 Å². The summed E-state index contributed by atoms with van der Waals surface area (Å²) in [6.45, 7) is 0.560. The van der Waals surface area contributed by atoms with E-state index in [-0.39, 0.29) is 16.5 Å². The zero-order valence-corrected chi connectivity index (χ0v) is 15.1. The van der Waals surface area contributed by atoms with E-state index in [0.29, 0.717) is 22.4 Å². The summed E-state index contributed by atoms with van der Waals surface area (Å²) < 4.78 is 27.4. The number of nitrogens with two attached hydrogens (primary N) is 1. The van der Waals surface area contributed by atoms with Crippen molar-refractivity contribution in [3.63, 3.8) is 0 Å². The third-order valence-electron chi connectivity index (χ3n) is 3.00. The highest BCUT2D eigenvalue weighted by Crippen LogP contribution is 2.29. The van der Waals surface area contributed by atoms with Gasteiger partial charge in [-0.15, -0.1) is 0 Å². The Morgan fingerprint density at radius 1 is 1.29 bits per heavy atom. The topological polar surface area (TPSA) is 72.2 Å². The van der Waals surface area contributed by atoms with Crippen LogP contribution in [-0.4, -0.2) is 37.5 Å². The van der Waals surface area contributed by atoms with Crippen LogP contribution in [0.25, 0.3) is 0 Å². The van der Waals surface area contributed by atoms with Gasteiger partial charge in [0.15, 0.2) is 0 Å². The Morgan fingerprint density at radius 2 is 2.05 bits per heavy atom. The van der Waals surface area contributed by atoms with Gasteiger partial charge in [0.05, 0.1) is 5.02 Å². The number of nitrogens with one attached hydrogen (secondary N) is 1. The molecule has 118 valence electrons. The molecule has 0 spiro atoms. The number of hydrogen-bond acceptors (Lipinski definition) is 5. The molecule has 4 nitrogen and oxygen atoms in total. The molecule has 0 saturated carbocycles. The molecule has 1 saturated heterocycles. The summed E-state index contributed by atoms with van der Waals surface area (Å²) in [5.74, 6) is 3.13. The first-order valence-electron chi connectivity index (χ1n) is 6.31. The maximum Gasteiger partial charge on any atom is 0.242 e. The molecule has 1 aromatic carbocycles. The van der Waals surface area contributed by atoms with E-state index in [1.165, 1.54) is 12.1 Å². The molecule has 1 atom stereocenters. The Balaban J connectivity index is 2.15. The number of halogens is 2. The lowest BCUT2D eigenvalue weighted by Crippen LogP contribution is -2.33. The smallest absolute Gasteiger partial charge is 0.242 e. The second-order valence-corrected chi connectivity index (χ2v) is 9.61. The Hall–Kier alpha value is 0.370. The molecule has 1 aromatic rings. The standard InChI is InChI=1S/C12H16Cl2N2O2S3/c13-10-4-11(14)12(3-8(10)5-15)21(17,18)16-6-9-7-19-1-2-20-9/h3-4,9,16H,1-2,5-7,15H2. The SMILES string of the molecule is NCc1cc(S(=O)(=O)NCC2CSCCS2)c(Cl)cc1Cl. The van der Waals surface area contributed by atoms with Crippen molar-refractivity contribution in [3.05, 3.63) is 27.7 Å². The Labute approximate surface area is 143 Å². The van der Waals surface area contributed by atoms with Crippen molar-refractivity contribution in [3.8, 4) is 0 Å². The van der Waals surface area contributed by atoms with Gasteiger partial charge in [-0.25, -0.2) is 13.1 Å². The Morgan fingerprint density at radius 3 is 2.67 bits per heavy atom. The summed E-state index contributed by atoms with van der Waals surface area (Å²) in [6, 6.07) is 2.86. The molecule has 3 N–H and O–H groups in total. The van der Waals surface area contributed by atoms with Gasteiger partial charge in [-0.2, -0.15) is 23.5 Å². The third-order valence-corrected chi connectivity index (χ3v) is 8.08. The number of thioether (sulfide) groups is 2. The second kappa shape index (κ2) is 7.77. The van der Waals surface area contributed by atoms with Crippen LogP contribution in [-0.2, 0) is 16.6 Å². The van der Waals surface area contributed by atoms with Crippen LogP contribution < -0.4 is 10.5 Å². The van der Waals surface area contributed by atoms with Crippen LogP contribution in [0.3, 0.4) is 0 Å². The molecule has 0 radical (unpaired) electrons. The van der Waals surface area contributed by atoms with Crippen molar-refractivity contribution in [1.82, 2.24) is 4.72 Å². The van der Waals surface area contributed by atoms with Crippen LogP contribution in [0.5, 0.6) is 0 Å². The number of hydrogen-bond donors (Lipinski definition) is 2. The maximum absolute atomic E-state index is 12.4. The summed E-state index contributed by atoms with van der Waals surface area (Å²) in [5, 5.41) is 0.773. The fourth-order valence-electron chi connectivity index (χ4n) is 1.87. The molecular formula is C12H16Cl2N2O2S3. The molecule has 0 amide bonds. The monoisotopic (exact) mass is 386 g/mol. The fourth-order valence-corrected chi connectivity index (χ4v) is 6.54. The van der Waals surface area contributed by atoms with E-state index in [0.717, 1.165) is 17.3 Å². The van der Waals surface area contributed by atoms with Crippen LogP contribution in [0.1, 0.15) is 5.56 Å². The molecule has 1 aliphatic rings. The molecule has 21 heavy (non-hydrogen) atoms. The zero-order chi connectivity index (χ0) is 15.5. The summed E-state index contributed by atoms with van der Waals surface area (Å²) in [6.07, 6.45) is 0. The normalized spacial score (nSPS) is 19.7. The van der Waals surface area contributed by atoms with Gasteiger partial charge in [0, 0.05) is 40.6 Å². The molecule has 0 bridgehead atoms. The highest BCUT2D eigenvalue weighted by atomic mass is 35.5. The maximum atomic E-state index is 12.4. The summed E-state index contributed by atoms with van der Waals surface area (Å²) in [4.78, 5) is 0.0301. The van der Waals surface area contributed by atoms with Gasteiger partial charge >= 0.3 is 0 Å². The molecular weight excluding hydrogens is 371 g/mol. The lowest BCUT2D eigenvalue weighted by atomic mass is 10.2. The summed E-state index contributed by atoms with van der Waals surface area (Å²) in [5.41, 5.74) is 6.11. The molecule has 1 aliphatic heterocycles. The van der Waals surface area contributed by atoms with Gasteiger partial charge in [0.25, 0.3) is 0 Å². The van der Waals surface area contributed by atoms with Crippen LogP contribution in [0, 0.1) is 0 Å². The van der Waals surface area contributed by atoms with Crippen LogP contribution >= 0.6 is 46.7 Å². The quantitative estimate of drug-likeness (QED) is 0.813. The van der Waals surface area contributed by atoms with E-state index in [4.69, 9.17) is 28.9 Å². The molecule has 1 heterocycles. The van der Waals surface area contributed by atoms with E-state index in [1.807, 2.05) is 11.8 Å². The molecule has 0 aliphatic carbocycles. The summed E-state index contributed by atoms with van der Waals surface area (Å²) >= 11 is 15.6. The average Bonchev–Trinajstić information content (AvgIpc) is 2.46. The number of benzene rings is 1. The van der Waals surface area contributed by atoms with Gasteiger partial charge in [-0.1, -0.05) is 23.2 Å². The van der Waals surface area contributed by atoms with Crippen molar-refractivity contribution < 1.29 is 8.42 Å². The van der Waals surface area contributed by atoms with Gasteiger partial charge in [-0.05, 0) is 17.7 Å². The van der Waals surface area contributed by atoms with E-state index in [1.54, 1.807) is 11.8 Å². The number of sulfonamides is 1. The van der Waals surface area contributed by atoms with E-state index in [9.17, 15) is 8.42 Å². The van der Waals surface area contributed by atoms with Crippen molar-refractivity contribution in [2.45, 2.75) is 16.7 Å². The number of rotatable bonds is 5. The van der Waals surface area contributed by atoms with E-state index >= 15 is 0 Å². The second-order valence-electron chi connectivity index (χ2n) is 4.50. The molecule has 1 unspecified atom stereocenters. The van der Waals surface area contributed by atoms with Gasteiger partial charge in [0.1, 0.15) is 4.90 Å². The van der Waals surface area contributed by atoms with Crippen molar-refractivity contribution >= 4 is 56.7 Å². The first kappa shape index (κ1) is 17.7. The Kier molecular flexibility index (Phi) is 6.55. The van der Waals surface area contributed by atoms with Crippen LogP contribution in [0.2, 0.25) is 10.0 Å². The highest BCUT2D eigenvalue weighted by molar-refractivity contribution is 8.06. The molecule has 9 heteroatoms. The molecule has 1 fully saturated rings. The predicted octanol–water partition coefficient (Wildman–Crippen LogP) is 2.58. The first-order valence-corrected chi connectivity index (χ1v) is 10.8. The fraction of sp³-hybridized carbons (Fsp3) is 0.500. The van der Waals surface area contributed by atoms with E-state index < -0.39 is 10.0 Å². The Bertz CT molecular complexity index is 605. The van der Waals surface area contributed by atoms with Gasteiger partial charge in [-0.3, -0.25) is 0 Å². The molecule has 2 rings (SSSR count).